The van der Waals surface area contributed by atoms with E-state index in [9.17, 15) is 9.59 Å². The predicted octanol–water partition coefficient (Wildman–Crippen LogP) is 2.66. The Morgan fingerprint density at radius 2 is 2.00 bits per heavy atom. The number of hydrogen-bond acceptors (Lipinski definition) is 5. The van der Waals surface area contributed by atoms with Crippen molar-refractivity contribution in [1.82, 2.24) is 15.1 Å². The Bertz CT molecular complexity index is 549. The largest absolute Gasteiger partial charge is 0.461 e. The van der Waals surface area contributed by atoms with Gasteiger partial charge in [0.15, 0.2) is 5.69 Å². The van der Waals surface area contributed by atoms with Crippen LogP contribution >= 0.6 is 15.9 Å². The lowest BCUT2D eigenvalue weighted by Crippen LogP contribution is -2.34. The third kappa shape index (κ3) is 5.32. The highest BCUT2D eigenvalue weighted by molar-refractivity contribution is 9.10. The number of amides is 1. The number of esters is 1. The summed E-state index contributed by atoms with van der Waals surface area (Å²) in [6.45, 7) is 9.80. The Hall–Kier alpha value is -1.57. The van der Waals surface area contributed by atoms with E-state index in [0.29, 0.717) is 22.4 Å². The fraction of sp³-hybridized carbons (Fsp3) is 0.643. The fourth-order valence-electron chi connectivity index (χ4n) is 1.72. The van der Waals surface area contributed by atoms with Crippen LogP contribution < -0.4 is 5.32 Å². The molecule has 0 aliphatic rings. The van der Waals surface area contributed by atoms with E-state index in [4.69, 9.17) is 9.47 Å². The highest BCUT2D eigenvalue weighted by atomic mass is 79.9. The van der Waals surface area contributed by atoms with E-state index in [1.54, 1.807) is 34.6 Å². The van der Waals surface area contributed by atoms with E-state index >= 15 is 0 Å². The molecule has 0 fully saturated rings. The van der Waals surface area contributed by atoms with Crippen molar-refractivity contribution in [2.75, 3.05) is 13.2 Å². The maximum Gasteiger partial charge on any atom is 0.407 e. The molecule has 1 rings (SSSR count). The SMILES string of the molecule is CCOC(=O)c1c(C)c(Br)nn1CCNC(=O)OC(C)(C)C. The second-order valence-corrected chi connectivity index (χ2v) is 6.39. The van der Waals surface area contributed by atoms with Crippen LogP contribution in [0.1, 0.15) is 43.7 Å². The lowest BCUT2D eigenvalue weighted by Gasteiger charge is -2.19. The number of carbonyl (C=O) groups excluding carboxylic acids is 2. The normalized spacial score (nSPS) is 11.2. The molecule has 0 spiro atoms. The molecular weight excluding hydrogens is 354 g/mol. The second kappa shape index (κ2) is 7.62. The van der Waals surface area contributed by atoms with Crippen LogP contribution in [0, 0.1) is 6.92 Å². The zero-order chi connectivity index (χ0) is 16.9. The molecule has 0 saturated heterocycles. The number of hydrogen-bond donors (Lipinski definition) is 1. The summed E-state index contributed by atoms with van der Waals surface area (Å²) in [5, 5.41) is 6.85. The molecule has 0 radical (unpaired) electrons. The van der Waals surface area contributed by atoms with Crippen LogP contribution in [0.3, 0.4) is 0 Å². The molecule has 1 heterocycles. The Morgan fingerprint density at radius 3 is 2.55 bits per heavy atom. The molecular formula is C14H22BrN3O4. The molecule has 7 nitrogen and oxygen atoms in total. The van der Waals surface area contributed by atoms with Gasteiger partial charge in [0.1, 0.15) is 10.2 Å². The summed E-state index contributed by atoms with van der Waals surface area (Å²) in [7, 11) is 0. The summed E-state index contributed by atoms with van der Waals surface area (Å²) in [4.78, 5) is 23.5. The third-order valence-corrected chi connectivity index (χ3v) is 3.35. The smallest absolute Gasteiger partial charge is 0.407 e. The molecule has 1 aromatic heterocycles. The van der Waals surface area contributed by atoms with Crippen LogP contribution in [-0.4, -0.2) is 40.6 Å². The van der Waals surface area contributed by atoms with Gasteiger partial charge >= 0.3 is 12.1 Å². The number of carbonyl (C=O) groups is 2. The molecule has 0 bridgehead atoms. The van der Waals surface area contributed by atoms with Crippen molar-refractivity contribution in [2.24, 2.45) is 0 Å². The fourth-order valence-corrected chi connectivity index (χ4v) is 2.10. The van der Waals surface area contributed by atoms with Crippen LogP contribution in [0.2, 0.25) is 0 Å². The van der Waals surface area contributed by atoms with Gasteiger partial charge in [0.2, 0.25) is 0 Å². The molecule has 1 aromatic rings. The predicted molar refractivity (Wildman–Crippen MR) is 84.9 cm³/mol. The number of ether oxygens (including phenoxy) is 2. The van der Waals surface area contributed by atoms with Crippen LogP contribution in [0.25, 0.3) is 0 Å². The van der Waals surface area contributed by atoms with Crippen molar-refractivity contribution in [3.8, 4) is 0 Å². The van der Waals surface area contributed by atoms with Crippen molar-refractivity contribution < 1.29 is 19.1 Å². The standard InChI is InChI=1S/C14H22BrN3O4/c1-6-21-12(19)10-9(2)11(15)17-18(10)8-7-16-13(20)22-14(3,4)5/h6-8H2,1-5H3,(H,16,20). The van der Waals surface area contributed by atoms with Gasteiger partial charge in [-0.25, -0.2) is 9.59 Å². The lowest BCUT2D eigenvalue weighted by atomic mass is 10.2. The topological polar surface area (TPSA) is 82.5 Å². The Morgan fingerprint density at radius 1 is 1.36 bits per heavy atom. The highest BCUT2D eigenvalue weighted by Gasteiger charge is 2.21. The first-order valence-electron chi connectivity index (χ1n) is 7.02. The van der Waals surface area contributed by atoms with Gasteiger partial charge in [-0.15, -0.1) is 0 Å². The van der Waals surface area contributed by atoms with Crippen molar-refractivity contribution in [3.63, 3.8) is 0 Å². The monoisotopic (exact) mass is 375 g/mol. The van der Waals surface area contributed by atoms with E-state index in [1.807, 2.05) is 0 Å². The third-order valence-electron chi connectivity index (χ3n) is 2.59. The van der Waals surface area contributed by atoms with Crippen molar-refractivity contribution in [2.45, 2.75) is 46.8 Å². The van der Waals surface area contributed by atoms with Crippen molar-refractivity contribution >= 4 is 28.0 Å². The zero-order valence-corrected chi connectivity index (χ0v) is 15.1. The van der Waals surface area contributed by atoms with Gasteiger partial charge in [-0.05, 0) is 50.5 Å². The lowest BCUT2D eigenvalue weighted by molar-refractivity contribution is 0.0511. The number of nitrogens with one attached hydrogen (secondary N) is 1. The highest BCUT2D eigenvalue weighted by Crippen LogP contribution is 2.19. The van der Waals surface area contributed by atoms with Crippen molar-refractivity contribution in [1.29, 1.82) is 0 Å². The molecule has 22 heavy (non-hydrogen) atoms. The number of aromatic nitrogens is 2. The van der Waals surface area contributed by atoms with E-state index in [0.717, 1.165) is 0 Å². The summed E-state index contributed by atoms with van der Waals surface area (Å²) >= 11 is 3.30. The average molecular weight is 376 g/mol. The quantitative estimate of drug-likeness (QED) is 0.799. The molecule has 124 valence electrons. The minimum Gasteiger partial charge on any atom is -0.461 e. The van der Waals surface area contributed by atoms with Gasteiger partial charge in [-0.1, -0.05) is 0 Å². The van der Waals surface area contributed by atoms with Gasteiger partial charge in [-0.2, -0.15) is 5.10 Å². The molecule has 0 unspecified atom stereocenters. The van der Waals surface area contributed by atoms with Crippen LogP contribution in [0.5, 0.6) is 0 Å². The van der Waals surface area contributed by atoms with E-state index in [-0.39, 0.29) is 13.2 Å². The minimum absolute atomic E-state index is 0.287. The molecule has 0 saturated carbocycles. The van der Waals surface area contributed by atoms with Crippen molar-refractivity contribution in [3.05, 3.63) is 15.9 Å². The Labute approximate surface area is 138 Å². The van der Waals surface area contributed by atoms with Crippen LogP contribution in [-0.2, 0) is 16.0 Å². The second-order valence-electron chi connectivity index (χ2n) is 5.64. The first-order chi connectivity index (χ1) is 10.2. The number of nitrogens with zero attached hydrogens (tertiary/aromatic N) is 2. The zero-order valence-electron chi connectivity index (χ0n) is 13.5. The molecule has 0 aromatic carbocycles. The minimum atomic E-state index is -0.550. The molecule has 1 N–H and O–H groups in total. The van der Waals surface area contributed by atoms with Gasteiger partial charge in [0, 0.05) is 12.1 Å². The molecule has 0 aliphatic carbocycles. The van der Waals surface area contributed by atoms with Gasteiger partial charge in [0.25, 0.3) is 0 Å². The van der Waals surface area contributed by atoms with E-state index in [2.05, 4.69) is 26.3 Å². The first kappa shape index (κ1) is 18.5. The molecule has 1 amide bonds. The summed E-state index contributed by atoms with van der Waals surface area (Å²) in [5.74, 6) is -0.435. The average Bonchev–Trinajstić information content (AvgIpc) is 2.63. The van der Waals surface area contributed by atoms with Crippen LogP contribution in [0.15, 0.2) is 4.60 Å². The number of halogens is 1. The maximum atomic E-state index is 12.0. The summed E-state index contributed by atoms with van der Waals surface area (Å²) < 4.78 is 12.2. The molecule has 8 heteroatoms. The van der Waals surface area contributed by atoms with Gasteiger partial charge in [0.05, 0.1) is 13.2 Å². The van der Waals surface area contributed by atoms with Gasteiger partial charge < -0.3 is 14.8 Å². The van der Waals surface area contributed by atoms with E-state index < -0.39 is 17.7 Å². The summed E-state index contributed by atoms with van der Waals surface area (Å²) in [6, 6.07) is 0. The molecule has 0 aliphatic heterocycles. The number of alkyl carbamates (subject to hydrolysis) is 1. The number of rotatable bonds is 5. The Kier molecular flexibility index (Phi) is 6.40. The van der Waals surface area contributed by atoms with E-state index in [1.165, 1.54) is 4.68 Å². The summed E-state index contributed by atoms with van der Waals surface area (Å²) in [6.07, 6.45) is -0.506. The summed E-state index contributed by atoms with van der Waals surface area (Å²) in [5.41, 5.74) is 0.529. The molecule has 0 atom stereocenters. The Balaban J connectivity index is 2.68. The van der Waals surface area contributed by atoms with Crippen LogP contribution in [0.4, 0.5) is 4.79 Å². The maximum absolute atomic E-state index is 12.0. The first-order valence-corrected chi connectivity index (χ1v) is 7.82. The van der Waals surface area contributed by atoms with Gasteiger partial charge in [-0.3, -0.25) is 4.68 Å².